The molecule has 0 radical (unpaired) electrons. The van der Waals surface area contributed by atoms with Crippen molar-refractivity contribution in [1.29, 1.82) is 0 Å². The lowest BCUT2D eigenvalue weighted by molar-refractivity contribution is -0.332. The lowest BCUT2D eigenvalue weighted by atomic mass is 9.98. The smallest absolute Gasteiger partial charge is 0.306 e. The summed E-state index contributed by atoms with van der Waals surface area (Å²) in [4.78, 5) is 25.5. The van der Waals surface area contributed by atoms with Gasteiger partial charge in [-0.25, -0.2) is 0 Å². The molecule has 0 aromatic rings. The van der Waals surface area contributed by atoms with E-state index in [-0.39, 0.29) is 26.1 Å². The first-order valence-corrected chi connectivity index (χ1v) is 22.6. The van der Waals surface area contributed by atoms with Crippen molar-refractivity contribution >= 4 is 11.9 Å². The van der Waals surface area contributed by atoms with Crippen LogP contribution in [0.4, 0.5) is 0 Å². The summed E-state index contributed by atoms with van der Waals surface area (Å²) in [5, 5.41) is 71.7. The molecule has 0 spiro atoms. The van der Waals surface area contributed by atoms with Gasteiger partial charge in [0.2, 0.25) is 0 Å². The summed E-state index contributed by atoms with van der Waals surface area (Å²) < 4.78 is 33.4. The van der Waals surface area contributed by atoms with E-state index in [1.165, 1.54) is 89.9 Å². The van der Waals surface area contributed by atoms with E-state index >= 15 is 0 Å². The molecule has 2 fully saturated rings. The highest BCUT2D eigenvalue weighted by Crippen LogP contribution is 2.26. The maximum atomic E-state index is 12.9. The summed E-state index contributed by atoms with van der Waals surface area (Å²) >= 11 is 0. The van der Waals surface area contributed by atoms with Gasteiger partial charge in [0.15, 0.2) is 18.7 Å². The number of hydrogen-bond donors (Lipinski definition) is 7. The Morgan fingerprint density at radius 3 is 1.34 bits per heavy atom. The molecule has 15 heteroatoms. The summed E-state index contributed by atoms with van der Waals surface area (Å²) in [6.45, 7) is 2.56. The molecule has 0 saturated carbocycles. The molecular weight excluding hydrogens is 756 g/mol. The average molecular weight is 837 g/mol. The first-order valence-electron chi connectivity index (χ1n) is 22.6. The molecule has 342 valence electrons. The maximum absolute atomic E-state index is 12.9. The first-order chi connectivity index (χ1) is 28.0. The van der Waals surface area contributed by atoms with Crippen LogP contribution in [0.25, 0.3) is 0 Å². The van der Waals surface area contributed by atoms with E-state index in [2.05, 4.69) is 13.8 Å². The molecule has 2 aliphatic rings. The van der Waals surface area contributed by atoms with Gasteiger partial charge in [-0.15, -0.1) is 0 Å². The zero-order chi connectivity index (χ0) is 42.5. The molecule has 0 amide bonds. The molecule has 2 saturated heterocycles. The molecule has 0 bridgehead atoms. The second kappa shape index (κ2) is 32.2. The van der Waals surface area contributed by atoms with E-state index in [1.54, 1.807) is 0 Å². The van der Waals surface area contributed by atoms with Crippen molar-refractivity contribution in [3.63, 3.8) is 0 Å². The van der Waals surface area contributed by atoms with Crippen molar-refractivity contribution in [1.82, 2.24) is 0 Å². The molecule has 15 nitrogen and oxygen atoms in total. The van der Waals surface area contributed by atoms with Crippen LogP contribution in [0.3, 0.4) is 0 Å². The van der Waals surface area contributed by atoms with E-state index in [0.29, 0.717) is 12.8 Å². The van der Waals surface area contributed by atoms with Crippen molar-refractivity contribution in [3.8, 4) is 0 Å². The monoisotopic (exact) mass is 837 g/mol. The largest absolute Gasteiger partial charge is 0.462 e. The van der Waals surface area contributed by atoms with Gasteiger partial charge in [0.25, 0.3) is 0 Å². The summed E-state index contributed by atoms with van der Waals surface area (Å²) in [7, 11) is 0. The Hall–Kier alpha value is -1.50. The summed E-state index contributed by atoms with van der Waals surface area (Å²) in [6, 6.07) is 0. The lowest BCUT2D eigenvalue weighted by Crippen LogP contribution is -2.61. The third kappa shape index (κ3) is 21.3. The Balaban J connectivity index is 1.86. The van der Waals surface area contributed by atoms with Crippen LogP contribution in [0.15, 0.2) is 0 Å². The Morgan fingerprint density at radius 1 is 0.483 bits per heavy atom. The van der Waals surface area contributed by atoms with E-state index in [0.717, 1.165) is 38.5 Å². The molecule has 0 aromatic carbocycles. The molecule has 0 aliphatic carbocycles. The van der Waals surface area contributed by atoms with Gasteiger partial charge in [0.05, 0.1) is 19.8 Å². The Bertz CT molecular complexity index is 1030. The average Bonchev–Trinajstić information content (AvgIpc) is 3.21. The second-order valence-electron chi connectivity index (χ2n) is 16.2. The Morgan fingerprint density at radius 2 is 0.879 bits per heavy atom. The highest BCUT2D eigenvalue weighted by atomic mass is 16.7. The fourth-order valence-corrected chi connectivity index (χ4v) is 7.28. The number of carbonyl (C=O) groups is 2. The fraction of sp³-hybridized carbons (Fsp3) is 0.953. The van der Waals surface area contributed by atoms with Gasteiger partial charge >= 0.3 is 11.9 Å². The number of rotatable bonds is 34. The number of aliphatic hydroxyl groups excluding tert-OH is 7. The summed E-state index contributed by atoms with van der Waals surface area (Å²) in [6.07, 6.45) is 8.69. The number of hydrogen-bond acceptors (Lipinski definition) is 15. The van der Waals surface area contributed by atoms with E-state index in [4.69, 9.17) is 28.4 Å². The maximum Gasteiger partial charge on any atom is 0.306 e. The van der Waals surface area contributed by atoms with Crippen molar-refractivity contribution in [2.75, 3.05) is 26.4 Å². The predicted octanol–water partition coefficient (Wildman–Crippen LogP) is 4.48. The predicted molar refractivity (Wildman–Crippen MR) is 215 cm³/mol. The second-order valence-corrected chi connectivity index (χ2v) is 16.2. The summed E-state index contributed by atoms with van der Waals surface area (Å²) in [5.74, 6) is -0.919. The van der Waals surface area contributed by atoms with Crippen LogP contribution in [-0.2, 0) is 38.0 Å². The lowest BCUT2D eigenvalue weighted by Gasteiger charge is -2.42. The minimum Gasteiger partial charge on any atom is -0.462 e. The molecule has 2 rings (SSSR count). The van der Waals surface area contributed by atoms with Gasteiger partial charge in [-0.3, -0.25) is 9.59 Å². The van der Waals surface area contributed by atoms with Crippen LogP contribution in [0.2, 0.25) is 0 Å². The van der Waals surface area contributed by atoms with Gasteiger partial charge < -0.3 is 64.2 Å². The van der Waals surface area contributed by atoms with Gasteiger partial charge in [-0.2, -0.15) is 0 Å². The number of aliphatic hydroxyl groups is 7. The Kier molecular flexibility index (Phi) is 29.3. The van der Waals surface area contributed by atoms with Crippen LogP contribution in [0.1, 0.15) is 168 Å². The fourth-order valence-electron chi connectivity index (χ4n) is 7.28. The normalized spacial score (nSPS) is 28.0. The van der Waals surface area contributed by atoms with Crippen LogP contribution in [-0.4, -0.2) is 142 Å². The molecule has 0 aromatic heterocycles. The van der Waals surface area contributed by atoms with Crippen LogP contribution in [0.5, 0.6) is 0 Å². The van der Waals surface area contributed by atoms with Crippen LogP contribution in [0, 0.1) is 0 Å². The molecule has 7 N–H and O–H groups in total. The van der Waals surface area contributed by atoms with Gasteiger partial charge in [-0.05, 0) is 12.8 Å². The Labute approximate surface area is 347 Å². The van der Waals surface area contributed by atoms with Gasteiger partial charge in [-0.1, -0.05) is 142 Å². The molecule has 2 aliphatic heterocycles. The van der Waals surface area contributed by atoms with Gasteiger partial charge in [0, 0.05) is 12.8 Å². The van der Waals surface area contributed by atoms with Crippen LogP contribution < -0.4 is 0 Å². The molecule has 2 heterocycles. The highest BCUT2D eigenvalue weighted by molar-refractivity contribution is 5.70. The van der Waals surface area contributed by atoms with E-state index in [1.807, 2.05) is 0 Å². The third-order valence-electron chi connectivity index (χ3n) is 11.1. The van der Waals surface area contributed by atoms with Crippen molar-refractivity contribution in [3.05, 3.63) is 0 Å². The minimum atomic E-state index is -1.76. The molecule has 58 heavy (non-hydrogen) atoms. The van der Waals surface area contributed by atoms with Crippen molar-refractivity contribution < 1.29 is 73.8 Å². The number of unbranched alkanes of at least 4 members (excludes halogenated alkanes) is 20. The summed E-state index contributed by atoms with van der Waals surface area (Å²) in [5.41, 5.74) is 0. The number of carbonyl (C=O) groups excluding carboxylic acids is 2. The molecule has 0 unspecified atom stereocenters. The number of esters is 2. The zero-order valence-electron chi connectivity index (χ0n) is 35.5. The van der Waals surface area contributed by atoms with Crippen molar-refractivity contribution in [2.24, 2.45) is 0 Å². The highest BCUT2D eigenvalue weighted by Gasteiger charge is 2.47. The SMILES string of the molecule is CCCCCCCCCCCCCCC(=O)OC[C@H](CO[C@@H]1O[C@@H](CO[C@H]2O[C@@H](CO)[C@H](O)[C@H](O)[C@H]2O)[C@H](O)[C@H](O)[C@@H]1O)OC(=O)CCCCCCCCCCCC. The van der Waals surface area contributed by atoms with Crippen molar-refractivity contribution in [2.45, 2.75) is 235 Å². The first kappa shape index (κ1) is 52.6. The van der Waals surface area contributed by atoms with E-state index < -0.39 is 92.7 Å². The topological polar surface area (TPSA) is 231 Å². The zero-order valence-corrected chi connectivity index (χ0v) is 35.5. The third-order valence-corrected chi connectivity index (χ3v) is 11.1. The molecule has 11 atom stereocenters. The van der Waals surface area contributed by atoms with Gasteiger partial charge in [0.1, 0.15) is 55.4 Å². The van der Waals surface area contributed by atoms with Crippen LogP contribution >= 0.6 is 0 Å². The molecular formula is C43H80O15. The minimum absolute atomic E-state index is 0.171. The number of ether oxygens (including phenoxy) is 6. The standard InChI is InChI=1S/C43H80O15/c1-3-5-7-9-11-13-15-16-18-19-21-23-25-34(45)53-28-31(56-35(46)26-24-22-20-17-14-12-10-8-6-4-2)29-54-42-41(52)39(50)37(48)33(58-42)30-55-43-40(51)38(49)36(47)32(27-44)57-43/h31-33,36-44,47-52H,3-30H2,1-2H3/t31-,32+,33+,36+,37+,38+,39+,40-,41+,42-,43+/m1/s1. The quantitative estimate of drug-likeness (QED) is 0.0350. The van der Waals surface area contributed by atoms with E-state index in [9.17, 15) is 45.3 Å².